The fourth-order valence-electron chi connectivity index (χ4n) is 2.08. The average Bonchev–Trinajstić information content (AvgIpc) is 2.32. The molecule has 0 aliphatic carbocycles. The fraction of sp³-hybridized carbons (Fsp3) is 0.857. The predicted octanol–water partition coefficient (Wildman–Crippen LogP) is 1.76. The molecule has 1 amide bonds. The van der Waals surface area contributed by atoms with Crippen molar-refractivity contribution in [1.82, 2.24) is 5.32 Å². The SMILES string of the molecule is CCC(CCN)CCC(=O)N[C@@H](CC(C)C)C(=O)O. The highest BCUT2D eigenvalue weighted by molar-refractivity contribution is 5.83. The van der Waals surface area contributed by atoms with Gasteiger partial charge in [0, 0.05) is 6.42 Å². The summed E-state index contributed by atoms with van der Waals surface area (Å²) in [6.45, 7) is 6.59. The lowest BCUT2D eigenvalue weighted by atomic mass is 9.96. The second-order valence-electron chi connectivity index (χ2n) is 5.48. The van der Waals surface area contributed by atoms with Crippen LogP contribution in [0, 0.1) is 11.8 Å². The van der Waals surface area contributed by atoms with E-state index in [4.69, 9.17) is 10.8 Å². The van der Waals surface area contributed by atoms with Crippen molar-refractivity contribution in [2.75, 3.05) is 6.54 Å². The van der Waals surface area contributed by atoms with Gasteiger partial charge in [0.05, 0.1) is 0 Å². The third-order valence-electron chi connectivity index (χ3n) is 3.27. The van der Waals surface area contributed by atoms with Crippen LogP contribution in [0.2, 0.25) is 0 Å². The number of amides is 1. The summed E-state index contributed by atoms with van der Waals surface area (Å²) in [6, 6.07) is -0.776. The number of carboxylic acids is 1. The molecule has 0 radical (unpaired) electrons. The zero-order chi connectivity index (χ0) is 14.8. The van der Waals surface area contributed by atoms with Crippen LogP contribution in [0.5, 0.6) is 0 Å². The van der Waals surface area contributed by atoms with E-state index in [1.165, 1.54) is 0 Å². The lowest BCUT2D eigenvalue weighted by Gasteiger charge is -2.18. The number of carbonyl (C=O) groups excluding carboxylic acids is 1. The zero-order valence-corrected chi connectivity index (χ0v) is 12.3. The van der Waals surface area contributed by atoms with Crippen molar-refractivity contribution in [2.45, 2.75) is 58.9 Å². The van der Waals surface area contributed by atoms with Gasteiger partial charge in [-0.05, 0) is 37.6 Å². The average molecular weight is 272 g/mol. The van der Waals surface area contributed by atoms with Gasteiger partial charge in [0.1, 0.15) is 6.04 Å². The molecule has 0 saturated carbocycles. The van der Waals surface area contributed by atoms with Crippen molar-refractivity contribution < 1.29 is 14.7 Å². The van der Waals surface area contributed by atoms with Crippen molar-refractivity contribution in [3.8, 4) is 0 Å². The van der Waals surface area contributed by atoms with Crippen LogP contribution in [-0.4, -0.2) is 29.6 Å². The molecule has 0 aromatic carbocycles. The molecule has 5 nitrogen and oxygen atoms in total. The van der Waals surface area contributed by atoms with E-state index in [0.717, 1.165) is 19.3 Å². The lowest BCUT2D eigenvalue weighted by Crippen LogP contribution is -2.41. The maximum Gasteiger partial charge on any atom is 0.326 e. The second kappa shape index (κ2) is 9.78. The molecular formula is C14H28N2O3. The Morgan fingerprint density at radius 3 is 2.32 bits per heavy atom. The molecule has 0 spiro atoms. The van der Waals surface area contributed by atoms with Gasteiger partial charge >= 0.3 is 5.97 Å². The van der Waals surface area contributed by atoms with Crippen molar-refractivity contribution in [2.24, 2.45) is 17.6 Å². The minimum atomic E-state index is -0.962. The molecule has 0 aromatic heterocycles. The monoisotopic (exact) mass is 272 g/mol. The van der Waals surface area contributed by atoms with E-state index < -0.39 is 12.0 Å². The summed E-state index contributed by atoms with van der Waals surface area (Å²) in [7, 11) is 0. The molecular weight excluding hydrogens is 244 g/mol. The number of carbonyl (C=O) groups is 2. The second-order valence-corrected chi connectivity index (χ2v) is 5.48. The number of carboxylic acid groups (broad SMARTS) is 1. The molecule has 112 valence electrons. The van der Waals surface area contributed by atoms with Gasteiger partial charge in [-0.15, -0.1) is 0 Å². The van der Waals surface area contributed by atoms with E-state index in [-0.39, 0.29) is 11.8 Å². The summed E-state index contributed by atoms with van der Waals surface area (Å²) in [4.78, 5) is 22.8. The number of hydrogen-bond acceptors (Lipinski definition) is 3. The first kappa shape index (κ1) is 17.9. The molecule has 0 aliphatic heterocycles. The Labute approximate surface area is 115 Å². The molecule has 0 aromatic rings. The van der Waals surface area contributed by atoms with Crippen LogP contribution in [0.25, 0.3) is 0 Å². The highest BCUT2D eigenvalue weighted by Gasteiger charge is 2.21. The fourth-order valence-corrected chi connectivity index (χ4v) is 2.08. The Morgan fingerprint density at radius 1 is 1.26 bits per heavy atom. The van der Waals surface area contributed by atoms with Gasteiger partial charge in [0.15, 0.2) is 0 Å². The van der Waals surface area contributed by atoms with Crippen molar-refractivity contribution >= 4 is 11.9 Å². The Hall–Kier alpha value is -1.10. The third-order valence-corrected chi connectivity index (χ3v) is 3.27. The van der Waals surface area contributed by atoms with E-state index in [2.05, 4.69) is 12.2 Å². The first-order chi connectivity index (χ1) is 8.90. The van der Waals surface area contributed by atoms with Gasteiger partial charge in [0.2, 0.25) is 5.91 Å². The van der Waals surface area contributed by atoms with Crippen LogP contribution in [0.3, 0.4) is 0 Å². The summed E-state index contributed by atoms with van der Waals surface area (Å²) in [6.07, 6.45) is 3.52. The summed E-state index contributed by atoms with van der Waals surface area (Å²) in [5, 5.41) is 11.6. The number of nitrogens with one attached hydrogen (secondary N) is 1. The molecule has 0 saturated heterocycles. The molecule has 0 bridgehead atoms. The minimum absolute atomic E-state index is 0.177. The standard InChI is InChI=1S/C14H28N2O3/c1-4-11(7-8-15)5-6-13(17)16-12(14(18)19)9-10(2)3/h10-12H,4-9,15H2,1-3H3,(H,16,17)(H,18,19)/t11?,12-/m0/s1. The Balaban J connectivity index is 4.15. The molecule has 4 N–H and O–H groups in total. The predicted molar refractivity (Wildman–Crippen MR) is 75.7 cm³/mol. The highest BCUT2D eigenvalue weighted by atomic mass is 16.4. The molecule has 0 aliphatic rings. The van der Waals surface area contributed by atoms with Gasteiger partial charge in [0.25, 0.3) is 0 Å². The van der Waals surface area contributed by atoms with Crippen molar-refractivity contribution in [3.05, 3.63) is 0 Å². The van der Waals surface area contributed by atoms with Crippen LogP contribution in [0.4, 0.5) is 0 Å². The van der Waals surface area contributed by atoms with Gasteiger partial charge in [-0.1, -0.05) is 27.2 Å². The molecule has 2 atom stereocenters. The van der Waals surface area contributed by atoms with Crippen LogP contribution < -0.4 is 11.1 Å². The van der Waals surface area contributed by atoms with E-state index in [1.54, 1.807) is 0 Å². The summed E-state index contributed by atoms with van der Waals surface area (Å²) in [5.41, 5.74) is 5.51. The lowest BCUT2D eigenvalue weighted by molar-refractivity contribution is -0.142. The van der Waals surface area contributed by atoms with Gasteiger partial charge in [-0.2, -0.15) is 0 Å². The quantitative estimate of drug-likeness (QED) is 0.565. The Bertz CT molecular complexity index is 280. The molecule has 0 heterocycles. The molecule has 5 heteroatoms. The zero-order valence-electron chi connectivity index (χ0n) is 12.3. The maximum absolute atomic E-state index is 11.8. The van der Waals surface area contributed by atoms with Gasteiger partial charge < -0.3 is 16.2 Å². The highest BCUT2D eigenvalue weighted by Crippen LogP contribution is 2.14. The van der Waals surface area contributed by atoms with Crippen LogP contribution in [-0.2, 0) is 9.59 Å². The number of hydrogen-bond donors (Lipinski definition) is 3. The largest absolute Gasteiger partial charge is 0.480 e. The molecule has 0 fully saturated rings. The number of rotatable bonds is 10. The number of nitrogens with two attached hydrogens (primary N) is 1. The van der Waals surface area contributed by atoms with Gasteiger partial charge in [-0.3, -0.25) is 4.79 Å². The molecule has 1 unspecified atom stereocenters. The molecule has 0 rings (SSSR count). The first-order valence-electron chi connectivity index (χ1n) is 7.12. The van der Waals surface area contributed by atoms with E-state index in [9.17, 15) is 9.59 Å². The van der Waals surface area contributed by atoms with Gasteiger partial charge in [-0.25, -0.2) is 4.79 Å². The molecule has 19 heavy (non-hydrogen) atoms. The van der Waals surface area contributed by atoms with Crippen LogP contribution >= 0.6 is 0 Å². The Morgan fingerprint density at radius 2 is 1.89 bits per heavy atom. The minimum Gasteiger partial charge on any atom is -0.480 e. The normalized spacial score (nSPS) is 14.2. The van der Waals surface area contributed by atoms with Crippen molar-refractivity contribution in [3.63, 3.8) is 0 Å². The van der Waals surface area contributed by atoms with Crippen molar-refractivity contribution in [1.29, 1.82) is 0 Å². The van der Waals surface area contributed by atoms with E-state index in [0.29, 0.717) is 25.3 Å². The van der Waals surface area contributed by atoms with Crippen LogP contribution in [0.15, 0.2) is 0 Å². The topological polar surface area (TPSA) is 92.4 Å². The smallest absolute Gasteiger partial charge is 0.326 e. The third kappa shape index (κ3) is 8.59. The van der Waals surface area contributed by atoms with E-state index >= 15 is 0 Å². The van der Waals surface area contributed by atoms with Crippen LogP contribution in [0.1, 0.15) is 52.9 Å². The summed E-state index contributed by atoms with van der Waals surface area (Å²) >= 11 is 0. The first-order valence-corrected chi connectivity index (χ1v) is 7.12. The van der Waals surface area contributed by atoms with E-state index in [1.807, 2.05) is 13.8 Å². The summed E-state index contributed by atoms with van der Waals surface area (Å²) in [5.74, 6) is -0.453. The maximum atomic E-state index is 11.8. The number of aliphatic carboxylic acids is 1. The summed E-state index contributed by atoms with van der Waals surface area (Å²) < 4.78 is 0. The Kier molecular flexibility index (Phi) is 9.21.